The predicted octanol–water partition coefficient (Wildman–Crippen LogP) is 3.22. The number of hydrogen-bond acceptors (Lipinski definition) is 4. The third-order valence-corrected chi connectivity index (χ3v) is 3.28. The molecule has 4 nitrogen and oxygen atoms in total. The van der Waals surface area contributed by atoms with Crippen molar-refractivity contribution >= 4 is 5.69 Å². The van der Waals surface area contributed by atoms with E-state index in [2.05, 4.69) is 5.32 Å². The number of hydrogen-bond donors (Lipinski definition) is 1. The van der Waals surface area contributed by atoms with Crippen LogP contribution in [-0.2, 0) is 6.54 Å². The summed E-state index contributed by atoms with van der Waals surface area (Å²) in [6, 6.07) is 10.8. The molecule has 1 aliphatic rings. The molecular weight excluding hydrogens is 273 g/mol. The zero-order valence-corrected chi connectivity index (χ0v) is 11.7. The van der Waals surface area contributed by atoms with Crippen molar-refractivity contribution in [3.8, 4) is 17.2 Å². The molecule has 0 spiro atoms. The van der Waals surface area contributed by atoms with E-state index >= 15 is 0 Å². The molecule has 3 rings (SSSR count). The zero-order valence-electron chi connectivity index (χ0n) is 11.7. The average molecular weight is 289 g/mol. The summed E-state index contributed by atoms with van der Waals surface area (Å²) in [5, 5.41) is 3.24. The van der Waals surface area contributed by atoms with Crippen LogP contribution >= 0.6 is 0 Å². The standard InChI is InChI=1S/C16H16FNO3/c1-19-12-4-2-11(3-5-12)10-18-14-7-6-13(17)15-16(14)21-9-8-20-15/h2-7,18H,8-10H2,1H3. The van der Waals surface area contributed by atoms with Crippen LogP contribution in [0.15, 0.2) is 36.4 Å². The molecule has 5 heteroatoms. The molecule has 1 heterocycles. The van der Waals surface area contributed by atoms with Gasteiger partial charge in [-0.1, -0.05) is 12.1 Å². The first-order valence-corrected chi connectivity index (χ1v) is 6.73. The number of anilines is 1. The average Bonchev–Trinajstić information content (AvgIpc) is 2.55. The molecule has 0 saturated heterocycles. The Hall–Kier alpha value is -2.43. The lowest BCUT2D eigenvalue weighted by molar-refractivity contribution is 0.165. The molecule has 110 valence electrons. The van der Waals surface area contributed by atoms with E-state index in [-0.39, 0.29) is 5.75 Å². The molecule has 0 aromatic heterocycles. The molecule has 0 bridgehead atoms. The van der Waals surface area contributed by atoms with Crippen molar-refractivity contribution in [1.29, 1.82) is 0 Å². The Labute approximate surface area is 122 Å². The first-order valence-electron chi connectivity index (χ1n) is 6.73. The lowest BCUT2D eigenvalue weighted by Gasteiger charge is -2.22. The Morgan fingerprint density at radius 1 is 1.05 bits per heavy atom. The largest absolute Gasteiger partial charge is 0.497 e. The first kappa shape index (κ1) is 13.5. The molecule has 2 aromatic rings. The zero-order chi connectivity index (χ0) is 14.7. The van der Waals surface area contributed by atoms with E-state index in [0.29, 0.717) is 25.5 Å². The van der Waals surface area contributed by atoms with Crippen molar-refractivity contribution in [2.24, 2.45) is 0 Å². The van der Waals surface area contributed by atoms with Crippen LogP contribution in [0.4, 0.5) is 10.1 Å². The minimum atomic E-state index is -0.403. The van der Waals surface area contributed by atoms with Gasteiger partial charge in [0.15, 0.2) is 17.3 Å². The van der Waals surface area contributed by atoms with Gasteiger partial charge in [-0.2, -0.15) is 0 Å². The van der Waals surface area contributed by atoms with Gasteiger partial charge in [0.1, 0.15) is 19.0 Å². The third kappa shape index (κ3) is 2.86. The summed E-state index contributed by atoms with van der Waals surface area (Å²) in [4.78, 5) is 0. The lowest BCUT2D eigenvalue weighted by Crippen LogP contribution is -2.17. The van der Waals surface area contributed by atoms with Crippen molar-refractivity contribution in [2.45, 2.75) is 6.54 Å². The van der Waals surface area contributed by atoms with Gasteiger partial charge >= 0.3 is 0 Å². The summed E-state index contributed by atoms with van der Waals surface area (Å²) < 4.78 is 29.6. The van der Waals surface area contributed by atoms with Crippen LogP contribution in [0.3, 0.4) is 0 Å². The second kappa shape index (κ2) is 5.91. The first-order chi connectivity index (χ1) is 10.3. The molecule has 0 amide bonds. The minimum Gasteiger partial charge on any atom is -0.497 e. The van der Waals surface area contributed by atoms with Crippen LogP contribution < -0.4 is 19.5 Å². The second-order valence-electron chi connectivity index (χ2n) is 4.65. The van der Waals surface area contributed by atoms with Crippen LogP contribution in [0, 0.1) is 5.82 Å². The Morgan fingerprint density at radius 2 is 1.76 bits per heavy atom. The molecule has 0 aliphatic carbocycles. The molecule has 1 N–H and O–H groups in total. The van der Waals surface area contributed by atoms with Crippen LogP contribution in [0.5, 0.6) is 17.2 Å². The van der Waals surface area contributed by atoms with Gasteiger partial charge in [0, 0.05) is 6.54 Å². The Kier molecular flexibility index (Phi) is 3.81. The fraction of sp³-hybridized carbons (Fsp3) is 0.250. The van der Waals surface area contributed by atoms with Gasteiger partial charge in [-0.15, -0.1) is 0 Å². The van der Waals surface area contributed by atoms with E-state index in [1.807, 2.05) is 24.3 Å². The minimum absolute atomic E-state index is 0.181. The predicted molar refractivity (Wildman–Crippen MR) is 77.7 cm³/mol. The summed E-state index contributed by atoms with van der Waals surface area (Å²) in [5.41, 5.74) is 1.81. The van der Waals surface area contributed by atoms with E-state index in [0.717, 1.165) is 17.0 Å². The summed E-state index contributed by atoms with van der Waals surface area (Å²) in [7, 11) is 1.63. The normalized spacial score (nSPS) is 12.9. The second-order valence-corrected chi connectivity index (χ2v) is 4.65. The molecule has 0 unspecified atom stereocenters. The maximum absolute atomic E-state index is 13.7. The van der Waals surface area contributed by atoms with E-state index in [9.17, 15) is 4.39 Å². The van der Waals surface area contributed by atoms with Crippen LogP contribution in [-0.4, -0.2) is 20.3 Å². The number of fused-ring (bicyclic) bond motifs is 1. The van der Waals surface area contributed by atoms with Crippen LogP contribution in [0.2, 0.25) is 0 Å². The SMILES string of the molecule is COc1ccc(CNc2ccc(F)c3c2OCCO3)cc1. The molecule has 0 radical (unpaired) electrons. The fourth-order valence-corrected chi connectivity index (χ4v) is 2.18. The number of ether oxygens (including phenoxy) is 3. The van der Waals surface area contributed by atoms with E-state index < -0.39 is 5.82 Å². The molecule has 2 aromatic carbocycles. The fourth-order valence-electron chi connectivity index (χ4n) is 2.18. The highest BCUT2D eigenvalue weighted by atomic mass is 19.1. The number of halogens is 1. The molecule has 0 atom stereocenters. The number of benzene rings is 2. The maximum atomic E-state index is 13.7. The van der Waals surface area contributed by atoms with Crippen molar-refractivity contribution < 1.29 is 18.6 Å². The molecule has 21 heavy (non-hydrogen) atoms. The van der Waals surface area contributed by atoms with Gasteiger partial charge in [0.05, 0.1) is 12.8 Å². The van der Waals surface area contributed by atoms with E-state index in [1.54, 1.807) is 13.2 Å². The van der Waals surface area contributed by atoms with E-state index in [4.69, 9.17) is 14.2 Å². The molecule has 1 aliphatic heterocycles. The van der Waals surface area contributed by atoms with Gasteiger partial charge in [-0.25, -0.2) is 4.39 Å². The topological polar surface area (TPSA) is 39.7 Å². The van der Waals surface area contributed by atoms with Gasteiger partial charge in [-0.3, -0.25) is 0 Å². The van der Waals surface area contributed by atoms with Gasteiger partial charge in [0.25, 0.3) is 0 Å². The third-order valence-electron chi connectivity index (χ3n) is 3.28. The van der Waals surface area contributed by atoms with Gasteiger partial charge in [-0.05, 0) is 29.8 Å². The van der Waals surface area contributed by atoms with Crippen molar-refractivity contribution in [3.63, 3.8) is 0 Å². The van der Waals surface area contributed by atoms with Crippen LogP contribution in [0.1, 0.15) is 5.56 Å². The van der Waals surface area contributed by atoms with Crippen molar-refractivity contribution in [3.05, 3.63) is 47.8 Å². The smallest absolute Gasteiger partial charge is 0.199 e. The highest BCUT2D eigenvalue weighted by Gasteiger charge is 2.20. The molecule has 0 saturated carbocycles. The van der Waals surface area contributed by atoms with Gasteiger partial charge in [0.2, 0.25) is 0 Å². The number of rotatable bonds is 4. The van der Waals surface area contributed by atoms with Crippen LogP contribution in [0.25, 0.3) is 0 Å². The Bertz CT molecular complexity index is 628. The molecule has 0 fully saturated rings. The monoisotopic (exact) mass is 289 g/mol. The number of methoxy groups -OCH3 is 1. The van der Waals surface area contributed by atoms with Crippen molar-refractivity contribution in [2.75, 3.05) is 25.6 Å². The van der Waals surface area contributed by atoms with E-state index in [1.165, 1.54) is 6.07 Å². The Morgan fingerprint density at radius 3 is 2.48 bits per heavy atom. The Balaban J connectivity index is 1.75. The summed E-state index contributed by atoms with van der Waals surface area (Å²) in [6.45, 7) is 1.39. The highest BCUT2D eigenvalue weighted by Crippen LogP contribution is 2.39. The highest BCUT2D eigenvalue weighted by molar-refractivity contribution is 5.64. The van der Waals surface area contributed by atoms with Gasteiger partial charge < -0.3 is 19.5 Å². The molecular formula is C16H16FNO3. The number of nitrogens with one attached hydrogen (secondary N) is 1. The summed E-state index contributed by atoms with van der Waals surface area (Å²) in [6.07, 6.45) is 0. The summed E-state index contributed by atoms with van der Waals surface area (Å²) in [5.74, 6) is 1.03. The quantitative estimate of drug-likeness (QED) is 0.938. The lowest BCUT2D eigenvalue weighted by atomic mass is 10.2. The maximum Gasteiger partial charge on any atom is 0.199 e. The van der Waals surface area contributed by atoms with Crippen molar-refractivity contribution in [1.82, 2.24) is 0 Å². The summed E-state index contributed by atoms with van der Waals surface area (Å²) >= 11 is 0.